The molecule has 3 atom stereocenters. The van der Waals surface area contributed by atoms with Crippen LogP contribution in [0.3, 0.4) is 0 Å². The van der Waals surface area contributed by atoms with Gasteiger partial charge in [-0.05, 0) is 87.2 Å². The highest BCUT2D eigenvalue weighted by Gasteiger charge is 2.51. The van der Waals surface area contributed by atoms with E-state index in [0.717, 1.165) is 57.3 Å². The molecule has 0 bridgehead atoms. The Hall–Kier alpha value is -3.68. The number of anilines is 1. The van der Waals surface area contributed by atoms with Gasteiger partial charge in [-0.1, -0.05) is 13.0 Å². The molecule has 2 fully saturated rings. The number of aliphatic carboxylic acids is 1. The monoisotopic (exact) mass is 619 g/mol. The minimum atomic E-state index is -5.08. The van der Waals surface area contributed by atoms with Crippen LogP contribution in [-0.2, 0) is 16.4 Å². The van der Waals surface area contributed by atoms with Crippen LogP contribution in [0.1, 0.15) is 50.2 Å². The molecule has 2 amide bonds. The number of ether oxygens (including phenoxy) is 2. The van der Waals surface area contributed by atoms with Crippen LogP contribution in [0.15, 0.2) is 42.5 Å². The van der Waals surface area contributed by atoms with Crippen molar-refractivity contribution in [2.24, 2.45) is 0 Å². The van der Waals surface area contributed by atoms with Crippen LogP contribution in [0.2, 0.25) is 0 Å². The van der Waals surface area contributed by atoms with E-state index in [-0.39, 0.29) is 17.5 Å². The zero-order chi connectivity index (χ0) is 32.0. The Kier molecular flexibility index (Phi) is 10.8. The summed E-state index contributed by atoms with van der Waals surface area (Å²) < 4.78 is 81.2. The van der Waals surface area contributed by atoms with Crippen molar-refractivity contribution in [2.75, 3.05) is 32.6 Å². The van der Waals surface area contributed by atoms with Crippen LogP contribution in [-0.4, -0.2) is 67.6 Å². The average molecular weight is 620 g/mol. The minimum Gasteiger partial charge on any atom is -0.493 e. The maximum absolute atomic E-state index is 12.8. The van der Waals surface area contributed by atoms with Gasteiger partial charge in [0.2, 0.25) is 0 Å². The fourth-order valence-corrected chi connectivity index (χ4v) is 5.91. The first-order valence-corrected chi connectivity index (χ1v) is 13.7. The summed E-state index contributed by atoms with van der Waals surface area (Å²) in [5.41, 5.74) is 0.780. The first-order valence-electron chi connectivity index (χ1n) is 13.7. The fraction of sp³-hybridized carbons (Fsp3) is 0.517. The van der Waals surface area contributed by atoms with Crippen molar-refractivity contribution < 1.29 is 50.5 Å². The van der Waals surface area contributed by atoms with Crippen molar-refractivity contribution in [3.05, 3.63) is 53.6 Å². The summed E-state index contributed by atoms with van der Waals surface area (Å²) in [6.07, 6.45) is -4.88. The molecule has 2 aromatic carbocycles. The number of nitrogens with zero attached hydrogens (tertiary/aromatic N) is 1. The van der Waals surface area contributed by atoms with Crippen molar-refractivity contribution >= 4 is 17.7 Å². The smallest absolute Gasteiger partial charge is 0.490 e. The number of hydrogen-bond acceptors (Lipinski definition) is 5. The number of rotatable bonds is 7. The Morgan fingerprint density at radius 3 is 2.16 bits per heavy atom. The lowest BCUT2D eigenvalue weighted by Gasteiger charge is -2.45. The van der Waals surface area contributed by atoms with Crippen molar-refractivity contribution in [2.45, 2.75) is 68.9 Å². The third kappa shape index (κ3) is 8.24. The van der Waals surface area contributed by atoms with Gasteiger partial charge >= 0.3 is 24.4 Å². The summed E-state index contributed by atoms with van der Waals surface area (Å²) >= 11 is 0. The van der Waals surface area contributed by atoms with Crippen molar-refractivity contribution in [3.8, 4) is 11.5 Å². The maximum atomic E-state index is 12.8. The summed E-state index contributed by atoms with van der Waals surface area (Å²) in [6, 6.07) is 10.5. The molecule has 238 valence electrons. The molecule has 1 aliphatic heterocycles. The molecule has 1 aliphatic carbocycles. The van der Waals surface area contributed by atoms with E-state index in [1.54, 1.807) is 14.2 Å². The number of fused-ring (bicyclic) bond motifs is 1. The number of alkyl halides is 6. The summed E-state index contributed by atoms with van der Waals surface area (Å²) in [5, 5.41) is 12.8. The van der Waals surface area contributed by atoms with E-state index in [2.05, 4.69) is 34.6 Å². The highest BCUT2D eigenvalue weighted by molar-refractivity contribution is 5.89. The van der Waals surface area contributed by atoms with Crippen LogP contribution in [0.5, 0.6) is 11.5 Å². The summed E-state index contributed by atoms with van der Waals surface area (Å²) in [7, 11) is 3.27. The molecule has 0 aromatic heterocycles. The van der Waals surface area contributed by atoms with E-state index < -0.39 is 29.9 Å². The molecule has 1 saturated carbocycles. The van der Waals surface area contributed by atoms with Gasteiger partial charge in [-0.3, -0.25) is 4.90 Å². The molecular formula is C29H35F6N3O5. The van der Waals surface area contributed by atoms with Gasteiger partial charge in [0.15, 0.2) is 11.5 Å². The zero-order valence-electron chi connectivity index (χ0n) is 23.9. The molecule has 2 aliphatic rings. The lowest BCUT2D eigenvalue weighted by atomic mass is 9.65. The first kappa shape index (κ1) is 33.8. The number of benzene rings is 2. The van der Waals surface area contributed by atoms with Gasteiger partial charge in [-0.25, -0.2) is 9.59 Å². The number of carboxylic acids is 1. The van der Waals surface area contributed by atoms with Crippen molar-refractivity contribution in [1.82, 2.24) is 10.2 Å². The summed E-state index contributed by atoms with van der Waals surface area (Å²) in [6.45, 7) is 4.16. The molecule has 4 rings (SSSR count). The Bertz CT molecular complexity index is 1250. The third-order valence-corrected chi connectivity index (χ3v) is 7.89. The van der Waals surface area contributed by atoms with E-state index >= 15 is 0 Å². The number of amides is 2. The van der Waals surface area contributed by atoms with E-state index in [1.807, 2.05) is 6.07 Å². The average Bonchev–Trinajstić information content (AvgIpc) is 3.31. The number of hydrogen-bond donors (Lipinski definition) is 3. The Labute approximate surface area is 245 Å². The number of carboxylic acid groups (broad SMARTS) is 1. The zero-order valence-corrected chi connectivity index (χ0v) is 23.9. The molecule has 43 heavy (non-hydrogen) atoms. The van der Waals surface area contributed by atoms with Crippen molar-refractivity contribution in [1.29, 1.82) is 0 Å². The quantitative estimate of drug-likeness (QED) is 0.308. The summed E-state index contributed by atoms with van der Waals surface area (Å²) in [5.74, 6) is -1.34. The minimum absolute atomic E-state index is 0.0309. The topological polar surface area (TPSA) is 100 Å². The van der Waals surface area contributed by atoms with Crippen LogP contribution < -0.4 is 20.1 Å². The number of carbonyl (C=O) groups is 2. The second-order valence-electron chi connectivity index (χ2n) is 10.5. The second kappa shape index (κ2) is 13.7. The Morgan fingerprint density at radius 2 is 1.63 bits per heavy atom. The molecule has 3 unspecified atom stereocenters. The molecule has 1 saturated heterocycles. The Morgan fingerprint density at radius 1 is 1.00 bits per heavy atom. The van der Waals surface area contributed by atoms with Gasteiger partial charge in [0, 0.05) is 23.2 Å². The van der Waals surface area contributed by atoms with Crippen molar-refractivity contribution in [3.63, 3.8) is 0 Å². The molecule has 0 spiro atoms. The molecule has 3 N–H and O–H groups in total. The number of carbonyl (C=O) groups excluding carboxylic acids is 1. The van der Waals surface area contributed by atoms with E-state index in [0.29, 0.717) is 17.2 Å². The highest BCUT2D eigenvalue weighted by atomic mass is 19.4. The van der Waals surface area contributed by atoms with Crippen LogP contribution >= 0.6 is 0 Å². The lowest BCUT2D eigenvalue weighted by Crippen LogP contribution is -2.53. The standard InChI is InChI=1S/C27H34F3N3O3.C2HF3O2/c1-4-14-33-15-13-26(19-7-10-22(35-2)23(16-19)36-3)12-11-21(17-24(26)33)32-25(34)31-20-8-5-18(6-9-20)27(28,29)30;3-2(4,5)1(6)7/h5-10,16,21,24H,4,11-15,17H2,1-3H3,(H2,31,32,34);(H,6,7). The highest BCUT2D eigenvalue weighted by Crippen LogP contribution is 2.50. The molecule has 2 aromatic rings. The number of nitrogens with one attached hydrogen (secondary N) is 2. The molecule has 14 heteroatoms. The molecule has 0 radical (unpaired) electrons. The van der Waals surface area contributed by atoms with Crippen LogP contribution in [0.4, 0.5) is 36.8 Å². The Balaban J connectivity index is 0.000000646. The maximum Gasteiger partial charge on any atom is 0.490 e. The number of urea groups is 1. The number of halogens is 6. The molecule has 8 nitrogen and oxygen atoms in total. The van der Waals surface area contributed by atoms with Gasteiger partial charge in [0.25, 0.3) is 0 Å². The molecule has 1 heterocycles. The first-order chi connectivity index (χ1) is 20.1. The SMILES string of the molecule is CCCN1CCC2(c3ccc(OC)c(OC)c3)CCC(NC(=O)Nc3ccc(C(F)(F)F)cc3)CC12.O=C(O)C(F)(F)F. The third-order valence-electron chi connectivity index (χ3n) is 7.89. The van der Waals surface area contributed by atoms with Gasteiger partial charge < -0.3 is 25.2 Å². The van der Waals surface area contributed by atoms with Gasteiger partial charge in [-0.2, -0.15) is 26.3 Å². The predicted molar refractivity (Wildman–Crippen MR) is 146 cm³/mol. The van der Waals surface area contributed by atoms with Gasteiger partial charge in [0.1, 0.15) is 0 Å². The summed E-state index contributed by atoms with van der Waals surface area (Å²) in [4.78, 5) is 24.1. The van der Waals surface area contributed by atoms with Gasteiger partial charge in [0.05, 0.1) is 19.8 Å². The predicted octanol–water partition coefficient (Wildman–Crippen LogP) is 6.45. The van der Waals surface area contributed by atoms with Crippen LogP contribution in [0.25, 0.3) is 0 Å². The largest absolute Gasteiger partial charge is 0.493 e. The lowest BCUT2D eigenvalue weighted by molar-refractivity contribution is -0.192. The second-order valence-corrected chi connectivity index (χ2v) is 10.5. The fourth-order valence-electron chi connectivity index (χ4n) is 5.91. The number of methoxy groups -OCH3 is 2. The van der Waals surface area contributed by atoms with Gasteiger partial charge in [-0.15, -0.1) is 0 Å². The number of likely N-dealkylation sites (tertiary alicyclic amines) is 1. The molecular weight excluding hydrogens is 584 g/mol. The van der Waals surface area contributed by atoms with E-state index in [9.17, 15) is 31.1 Å². The van der Waals surface area contributed by atoms with E-state index in [1.165, 1.54) is 17.7 Å². The van der Waals surface area contributed by atoms with Crippen LogP contribution in [0, 0.1) is 0 Å². The van der Waals surface area contributed by atoms with E-state index in [4.69, 9.17) is 19.4 Å². The normalized spacial score (nSPS) is 22.1.